The monoisotopic (exact) mass is 269 g/mol. The van der Waals surface area contributed by atoms with Gasteiger partial charge in [0.05, 0.1) is 0 Å². The number of nitrogens with zero attached hydrogens (tertiary/aromatic N) is 2. The van der Waals surface area contributed by atoms with E-state index in [0.29, 0.717) is 0 Å². The number of anilines is 1. The fraction of sp³-hybridized carbons (Fsp3) is 0.471. The summed E-state index contributed by atoms with van der Waals surface area (Å²) in [5.74, 6) is 1.01. The molecule has 106 valence electrons. The minimum atomic E-state index is 0.973. The Morgan fingerprint density at radius 1 is 1.00 bits per heavy atom. The molecule has 3 nitrogen and oxygen atoms in total. The van der Waals surface area contributed by atoms with Gasteiger partial charge >= 0.3 is 0 Å². The average Bonchev–Trinajstić information content (AvgIpc) is 2.76. The number of rotatable bonds is 4. The van der Waals surface area contributed by atoms with E-state index in [0.717, 1.165) is 18.9 Å². The lowest BCUT2D eigenvalue weighted by atomic mass is 10.1. The molecule has 2 heterocycles. The molecule has 0 amide bonds. The molecule has 1 aliphatic heterocycles. The molecule has 1 saturated heterocycles. The van der Waals surface area contributed by atoms with Crippen molar-refractivity contribution in [1.82, 2.24) is 9.88 Å². The molecule has 0 spiro atoms. The van der Waals surface area contributed by atoms with Crippen molar-refractivity contribution >= 4 is 16.6 Å². The van der Waals surface area contributed by atoms with Crippen LogP contribution in [-0.2, 0) is 0 Å². The summed E-state index contributed by atoms with van der Waals surface area (Å²) in [5.41, 5.74) is 0. The van der Waals surface area contributed by atoms with Gasteiger partial charge in [0.15, 0.2) is 0 Å². The van der Waals surface area contributed by atoms with E-state index in [9.17, 15) is 0 Å². The fourth-order valence-corrected chi connectivity index (χ4v) is 2.95. The van der Waals surface area contributed by atoms with Gasteiger partial charge in [-0.15, -0.1) is 0 Å². The predicted molar refractivity (Wildman–Crippen MR) is 85.1 cm³/mol. The zero-order chi connectivity index (χ0) is 13.6. The summed E-state index contributed by atoms with van der Waals surface area (Å²) >= 11 is 0. The van der Waals surface area contributed by atoms with Crippen molar-refractivity contribution in [2.75, 3.05) is 31.5 Å². The lowest BCUT2D eigenvalue weighted by Gasteiger charge is -2.20. The Morgan fingerprint density at radius 3 is 2.65 bits per heavy atom. The number of aromatic nitrogens is 1. The Morgan fingerprint density at radius 2 is 1.80 bits per heavy atom. The van der Waals surface area contributed by atoms with E-state index in [-0.39, 0.29) is 0 Å². The maximum atomic E-state index is 4.48. The van der Waals surface area contributed by atoms with Gasteiger partial charge in [-0.25, -0.2) is 4.98 Å². The first-order chi connectivity index (χ1) is 9.93. The fourth-order valence-electron chi connectivity index (χ4n) is 2.95. The van der Waals surface area contributed by atoms with Crippen molar-refractivity contribution in [3.63, 3.8) is 0 Å². The summed E-state index contributed by atoms with van der Waals surface area (Å²) in [4.78, 5) is 7.05. The molecule has 1 fully saturated rings. The van der Waals surface area contributed by atoms with Crippen LogP contribution in [0.1, 0.15) is 25.7 Å². The Kier molecular flexibility index (Phi) is 4.49. The third-order valence-corrected chi connectivity index (χ3v) is 4.09. The predicted octanol–water partition coefficient (Wildman–Crippen LogP) is 3.52. The number of hydrogen-bond donors (Lipinski definition) is 1. The van der Waals surface area contributed by atoms with Crippen molar-refractivity contribution in [3.8, 4) is 0 Å². The van der Waals surface area contributed by atoms with E-state index in [1.807, 2.05) is 6.20 Å². The van der Waals surface area contributed by atoms with Gasteiger partial charge in [-0.1, -0.05) is 37.1 Å². The van der Waals surface area contributed by atoms with E-state index in [4.69, 9.17) is 0 Å². The molecule has 0 unspecified atom stereocenters. The quantitative estimate of drug-likeness (QED) is 0.920. The summed E-state index contributed by atoms with van der Waals surface area (Å²) in [6.45, 7) is 4.60. The van der Waals surface area contributed by atoms with E-state index in [1.165, 1.54) is 49.5 Å². The van der Waals surface area contributed by atoms with Crippen LogP contribution >= 0.6 is 0 Å². The summed E-state index contributed by atoms with van der Waals surface area (Å²) in [5, 5.41) is 5.97. The molecule has 0 atom stereocenters. The van der Waals surface area contributed by atoms with E-state index in [1.54, 1.807) is 0 Å². The normalized spacial score (nSPS) is 17.0. The zero-order valence-corrected chi connectivity index (χ0v) is 12.0. The van der Waals surface area contributed by atoms with Crippen LogP contribution < -0.4 is 5.32 Å². The van der Waals surface area contributed by atoms with Gasteiger partial charge in [-0.05, 0) is 37.4 Å². The van der Waals surface area contributed by atoms with Crippen LogP contribution in [0.15, 0.2) is 36.5 Å². The molecule has 1 aliphatic rings. The van der Waals surface area contributed by atoms with Crippen LogP contribution in [-0.4, -0.2) is 36.1 Å². The number of pyridine rings is 1. The standard InChI is InChI=1S/C17H23N3/c1-2-6-13-20(12-5-1)14-11-19-17-16-8-4-3-7-15(16)9-10-18-17/h3-4,7-10H,1-2,5-6,11-14H2,(H,18,19). The molecule has 0 bridgehead atoms. The van der Waals surface area contributed by atoms with Gasteiger partial charge in [0.25, 0.3) is 0 Å². The summed E-state index contributed by atoms with van der Waals surface area (Å²) in [7, 11) is 0. The molecule has 2 aromatic rings. The number of fused-ring (bicyclic) bond motifs is 1. The van der Waals surface area contributed by atoms with E-state index in [2.05, 4.69) is 45.5 Å². The third-order valence-electron chi connectivity index (χ3n) is 4.09. The molecule has 0 radical (unpaired) electrons. The van der Waals surface area contributed by atoms with E-state index < -0.39 is 0 Å². The minimum absolute atomic E-state index is 0.973. The molecule has 3 heteroatoms. The van der Waals surface area contributed by atoms with Gasteiger partial charge in [-0.2, -0.15) is 0 Å². The molecule has 1 aromatic carbocycles. The van der Waals surface area contributed by atoms with Crippen molar-refractivity contribution in [2.24, 2.45) is 0 Å². The molecule has 20 heavy (non-hydrogen) atoms. The topological polar surface area (TPSA) is 28.2 Å². The highest BCUT2D eigenvalue weighted by Gasteiger charge is 2.08. The Hall–Kier alpha value is -1.61. The maximum absolute atomic E-state index is 4.48. The van der Waals surface area contributed by atoms with Crippen LogP contribution in [0.2, 0.25) is 0 Å². The minimum Gasteiger partial charge on any atom is -0.368 e. The lowest BCUT2D eigenvalue weighted by molar-refractivity contribution is 0.296. The van der Waals surface area contributed by atoms with Crippen molar-refractivity contribution in [2.45, 2.75) is 25.7 Å². The van der Waals surface area contributed by atoms with Crippen molar-refractivity contribution < 1.29 is 0 Å². The number of benzene rings is 1. The van der Waals surface area contributed by atoms with Crippen LogP contribution in [0.5, 0.6) is 0 Å². The summed E-state index contributed by atoms with van der Waals surface area (Å²) in [6, 6.07) is 10.5. The summed E-state index contributed by atoms with van der Waals surface area (Å²) in [6.07, 6.45) is 7.39. The summed E-state index contributed by atoms with van der Waals surface area (Å²) < 4.78 is 0. The molecular formula is C17H23N3. The van der Waals surface area contributed by atoms with Crippen LogP contribution in [0, 0.1) is 0 Å². The SMILES string of the molecule is c1ccc2c(NCCN3CCCCCC3)nccc2c1. The second-order valence-corrected chi connectivity index (χ2v) is 5.56. The Balaban J connectivity index is 1.59. The molecule has 0 aliphatic carbocycles. The van der Waals surface area contributed by atoms with Gasteiger partial charge in [0, 0.05) is 24.7 Å². The van der Waals surface area contributed by atoms with Crippen LogP contribution in [0.4, 0.5) is 5.82 Å². The van der Waals surface area contributed by atoms with Crippen molar-refractivity contribution in [3.05, 3.63) is 36.5 Å². The molecule has 1 N–H and O–H groups in total. The number of likely N-dealkylation sites (tertiary alicyclic amines) is 1. The van der Waals surface area contributed by atoms with Gasteiger partial charge in [0.2, 0.25) is 0 Å². The molecule has 1 aromatic heterocycles. The molecule has 0 saturated carbocycles. The second-order valence-electron chi connectivity index (χ2n) is 5.56. The smallest absolute Gasteiger partial charge is 0.133 e. The van der Waals surface area contributed by atoms with Gasteiger partial charge in [-0.3, -0.25) is 0 Å². The largest absolute Gasteiger partial charge is 0.368 e. The van der Waals surface area contributed by atoms with Crippen LogP contribution in [0.25, 0.3) is 10.8 Å². The molecule has 3 rings (SSSR count). The third kappa shape index (κ3) is 3.28. The number of nitrogens with one attached hydrogen (secondary N) is 1. The zero-order valence-electron chi connectivity index (χ0n) is 12.0. The lowest BCUT2D eigenvalue weighted by Crippen LogP contribution is -2.30. The highest BCUT2D eigenvalue weighted by molar-refractivity contribution is 5.91. The second kappa shape index (κ2) is 6.71. The maximum Gasteiger partial charge on any atom is 0.133 e. The van der Waals surface area contributed by atoms with Crippen LogP contribution in [0.3, 0.4) is 0 Å². The first-order valence-corrected chi connectivity index (χ1v) is 7.73. The average molecular weight is 269 g/mol. The van der Waals surface area contributed by atoms with Crippen molar-refractivity contribution in [1.29, 1.82) is 0 Å². The Bertz CT molecular complexity index is 539. The number of hydrogen-bond acceptors (Lipinski definition) is 3. The first-order valence-electron chi connectivity index (χ1n) is 7.73. The van der Waals surface area contributed by atoms with Gasteiger partial charge < -0.3 is 10.2 Å². The highest BCUT2D eigenvalue weighted by atomic mass is 15.1. The Labute approximate surface area is 121 Å². The highest BCUT2D eigenvalue weighted by Crippen LogP contribution is 2.20. The van der Waals surface area contributed by atoms with Gasteiger partial charge in [0.1, 0.15) is 5.82 Å². The van der Waals surface area contributed by atoms with E-state index >= 15 is 0 Å². The molecular weight excluding hydrogens is 246 g/mol. The first kappa shape index (κ1) is 13.4.